The van der Waals surface area contributed by atoms with Gasteiger partial charge in [-0.25, -0.2) is 0 Å². The lowest BCUT2D eigenvalue weighted by Crippen LogP contribution is -2.36. The first-order chi connectivity index (χ1) is 14.6. The van der Waals surface area contributed by atoms with Crippen LogP contribution in [-0.2, 0) is 9.53 Å². The van der Waals surface area contributed by atoms with E-state index in [-0.39, 0.29) is 23.7 Å². The second-order valence-corrected chi connectivity index (χ2v) is 7.75. The van der Waals surface area contributed by atoms with Crippen molar-refractivity contribution in [1.29, 1.82) is 0 Å². The minimum absolute atomic E-state index is 0.0222. The molecule has 152 valence electrons. The molecule has 3 aromatic carbocycles. The van der Waals surface area contributed by atoms with E-state index in [1.807, 2.05) is 91.9 Å². The van der Waals surface area contributed by atoms with Crippen LogP contribution in [0.1, 0.15) is 39.0 Å². The number of carbonyl (C=O) groups excluding carboxylic acids is 2. The molecule has 4 heteroatoms. The summed E-state index contributed by atoms with van der Waals surface area (Å²) in [6.07, 6.45) is 0. The highest BCUT2D eigenvalue weighted by molar-refractivity contribution is 6.00. The lowest BCUT2D eigenvalue weighted by atomic mass is 9.76. The molecule has 0 amide bonds. The first-order valence-electron chi connectivity index (χ1n) is 10.1. The Morgan fingerprint density at radius 2 is 1.40 bits per heavy atom. The van der Waals surface area contributed by atoms with Crippen molar-refractivity contribution in [2.45, 2.75) is 24.9 Å². The van der Waals surface area contributed by atoms with Crippen LogP contribution in [-0.4, -0.2) is 24.9 Å². The molecule has 0 spiro atoms. The summed E-state index contributed by atoms with van der Waals surface area (Å²) in [5.41, 5.74) is 3.73. The van der Waals surface area contributed by atoms with Crippen molar-refractivity contribution in [2.24, 2.45) is 5.92 Å². The van der Waals surface area contributed by atoms with Gasteiger partial charge in [-0.1, -0.05) is 90.5 Å². The Labute approximate surface area is 176 Å². The van der Waals surface area contributed by atoms with Crippen LogP contribution >= 0.6 is 0 Å². The molecule has 4 nitrogen and oxygen atoms in total. The van der Waals surface area contributed by atoms with Crippen molar-refractivity contribution in [3.8, 4) is 0 Å². The Balaban J connectivity index is 1.85. The van der Waals surface area contributed by atoms with Crippen LogP contribution in [0.3, 0.4) is 0 Å². The number of carbonyl (C=O) groups is 2. The zero-order valence-electron chi connectivity index (χ0n) is 17.1. The minimum Gasteiger partial charge on any atom is -0.468 e. The summed E-state index contributed by atoms with van der Waals surface area (Å²) in [4.78, 5) is 26.5. The number of esters is 1. The molecule has 1 aliphatic heterocycles. The Kier molecular flexibility index (Phi) is 5.77. The highest BCUT2D eigenvalue weighted by Gasteiger charge is 2.51. The van der Waals surface area contributed by atoms with Gasteiger partial charge in [0.1, 0.15) is 6.04 Å². The summed E-state index contributed by atoms with van der Waals surface area (Å²) in [7, 11) is 1.39. The molecular weight excluding hydrogens is 374 g/mol. The van der Waals surface area contributed by atoms with Gasteiger partial charge >= 0.3 is 5.97 Å². The second-order valence-electron chi connectivity index (χ2n) is 7.75. The van der Waals surface area contributed by atoms with Gasteiger partial charge in [-0.2, -0.15) is 0 Å². The standard InChI is InChI=1S/C26H25NO3/c1-17-13-15-19(16-14-17)23-22(25(28)20-11-7-4-8-12-20)21(18-9-5-3-6-10-18)24(27-23)26(29)30-2/h3-16,21-24,27H,1-2H3/t21-,22-,23-,24-/m0/s1. The number of rotatable bonds is 5. The lowest BCUT2D eigenvalue weighted by molar-refractivity contribution is -0.143. The highest BCUT2D eigenvalue weighted by atomic mass is 16.5. The van der Waals surface area contributed by atoms with E-state index in [9.17, 15) is 9.59 Å². The summed E-state index contributed by atoms with van der Waals surface area (Å²) >= 11 is 0. The predicted molar refractivity (Wildman–Crippen MR) is 116 cm³/mol. The van der Waals surface area contributed by atoms with Crippen LogP contribution < -0.4 is 5.32 Å². The van der Waals surface area contributed by atoms with Crippen molar-refractivity contribution >= 4 is 11.8 Å². The molecule has 4 atom stereocenters. The molecule has 1 heterocycles. The SMILES string of the molecule is COC(=O)[C@H]1N[C@@H](c2ccc(C)cc2)[C@@H](C(=O)c2ccccc2)[C@@H]1c1ccccc1. The van der Waals surface area contributed by atoms with Crippen LogP contribution in [0, 0.1) is 12.8 Å². The molecule has 0 unspecified atom stereocenters. The van der Waals surface area contributed by atoms with Crippen LogP contribution in [0.25, 0.3) is 0 Å². The zero-order valence-corrected chi connectivity index (χ0v) is 17.1. The third kappa shape index (κ3) is 3.79. The van der Waals surface area contributed by atoms with Gasteiger partial charge in [0.05, 0.1) is 13.0 Å². The largest absolute Gasteiger partial charge is 0.468 e. The maximum Gasteiger partial charge on any atom is 0.323 e. The van der Waals surface area contributed by atoms with E-state index in [1.165, 1.54) is 7.11 Å². The van der Waals surface area contributed by atoms with Crippen LogP contribution in [0.5, 0.6) is 0 Å². The van der Waals surface area contributed by atoms with E-state index < -0.39 is 12.0 Å². The summed E-state index contributed by atoms with van der Waals surface area (Å²) in [6.45, 7) is 2.03. The summed E-state index contributed by atoms with van der Waals surface area (Å²) in [5, 5.41) is 3.43. The number of benzene rings is 3. The van der Waals surface area contributed by atoms with Gasteiger partial charge in [0.25, 0.3) is 0 Å². The molecule has 0 aliphatic carbocycles. The minimum atomic E-state index is -0.610. The predicted octanol–water partition coefficient (Wildman–Crippen LogP) is 4.46. The number of methoxy groups -OCH3 is 1. The van der Waals surface area contributed by atoms with Gasteiger partial charge in [0.15, 0.2) is 5.78 Å². The third-order valence-corrected chi connectivity index (χ3v) is 5.90. The number of hydrogen-bond acceptors (Lipinski definition) is 4. The van der Waals surface area contributed by atoms with Gasteiger partial charge in [-0.15, -0.1) is 0 Å². The van der Waals surface area contributed by atoms with Crippen molar-refractivity contribution in [2.75, 3.05) is 7.11 Å². The lowest BCUT2D eigenvalue weighted by Gasteiger charge is -2.25. The fourth-order valence-corrected chi connectivity index (χ4v) is 4.42. The molecule has 1 fully saturated rings. The second kappa shape index (κ2) is 8.64. The smallest absolute Gasteiger partial charge is 0.323 e. The number of ketones is 1. The summed E-state index contributed by atoms with van der Waals surface area (Å²) < 4.78 is 5.11. The zero-order chi connectivity index (χ0) is 21.1. The van der Waals surface area contributed by atoms with Crippen LogP contribution in [0.15, 0.2) is 84.9 Å². The van der Waals surface area contributed by atoms with Gasteiger partial charge in [0, 0.05) is 17.5 Å². The van der Waals surface area contributed by atoms with E-state index in [0.717, 1.165) is 16.7 Å². The van der Waals surface area contributed by atoms with E-state index in [4.69, 9.17) is 4.74 Å². The number of nitrogens with one attached hydrogen (secondary N) is 1. The Morgan fingerprint density at radius 3 is 2.00 bits per heavy atom. The third-order valence-electron chi connectivity index (χ3n) is 5.90. The Morgan fingerprint density at radius 1 is 0.800 bits per heavy atom. The van der Waals surface area contributed by atoms with Gasteiger partial charge < -0.3 is 4.74 Å². The van der Waals surface area contributed by atoms with Crippen molar-refractivity contribution in [1.82, 2.24) is 5.32 Å². The molecule has 0 aromatic heterocycles. The maximum atomic E-state index is 13.7. The van der Waals surface area contributed by atoms with Crippen molar-refractivity contribution < 1.29 is 14.3 Å². The quantitative estimate of drug-likeness (QED) is 0.508. The molecule has 0 saturated carbocycles. The van der Waals surface area contributed by atoms with Crippen molar-refractivity contribution in [3.05, 3.63) is 107 Å². The van der Waals surface area contributed by atoms with Gasteiger partial charge in [-0.05, 0) is 18.1 Å². The van der Waals surface area contributed by atoms with Gasteiger partial charge in [-0.3, -0.25) is 14.9 Å². The molecule has 1 N–H and O–H groups in total. The molecule has 0 radical (unpaired) electrons. The average Bonchev–Trinajstić information content (AvgIpc) is 3.20. The molecular formula is C26H25NO3. The summed E-state index contributed by atoms with van der Waals surface area (Å²) in [6, 6.07) is 26.3. The number of hydrogen-bond donors (Lipinski definition) is 1. The fourth-order valence-electron chi connectivity index (χ4n) is 4.42. The number of ether oxygens (including phenoxy) is 1. The van der Waals surface area contributed by atoms with Crippen LogP contribution in [0.4, 0.5) is 0 Å². The number of Topliss-reactive ketones (excluding diaryl/α,β-unsaturated/α-hetero) is 1. The maximum absolute atomic E-state index is 13.7. The van der Waals surface area contributed by atoms with E-state index in [0.29, 0.717) is 5.56 Å². The monoisotopic (exact) mass is 399 g/mol. The van der Waals surface area contributed by atoms with E-state index in [1.54, 1.807) is 0 Å². The molecule has 0 bridgehead atoms. The molecule has 30 heavy (non-hydrogen) atoms. The summed E-state index contributed by atoms with van der Waals surface area (Å²) in [5.74, 6) is -1.11. The first-order valence-corrected chi connectivity index (χ1v) is 10.1. The van der Waals surface area contributed by atoms with Gasteiger partial charge in [0.2, 0.25) is 0 Å². The van der Waals surface area contributed by atoms with E-state index in [2.05, 4.69) is 5.32 Å². The van der Waals surface area contributed by atoms with E-state index >= 15 is 0 Å². The molecule has 4 rings (SSSR count). The Hall–Kier alpha value is -3.24. The Bertz CT molecular complexity index is 1020. The first kappa shape index (κ1) is 20.0. The normalized spacial score (nSPS) is 23.1. The molecule has 1 saturated heterocycles. The fraction of sp³-hybridized carbons (Fsp3) is 0.231. The topological polar surface area (TPSA) is 55.4 Å². The number of aryl methyl sites for hydroxylation is 1. The molecule has 3 aromatic rings. The highest BCUT2D eigenvalue weighted by Crippen LogP contribution is 2.45. The van der Waals surface area contributed by atoms with Crippen LogP contribution in [0.2, 0.25) is 0 Å². The molecule has 1 aliphatic rings. The average molecular weight is 399 g/mol. The van der Waals surface area contributed by atoms with Crippen molar-refractivity contribution in [3.63, 3.8) is 0 Å².